The number of rotatable bonds is 5. The van der Waals surface area contributed by atoms with Crippen LogP contribution in [0.1, 0.15) is 5.82 Å². The van der Waals surface area contributed by atoms with E-state index in [1.807, 2.05) is 24.3 Å². The Morgan fingerprint density at radius 1 is 1.43 bits per heavy atom. The summed E-state index contributed by atoms with van der Waals surface area (Å²) in [7, 11) is 1.26. The number of aromatic amines is 1. The molecular weight excluding hydrogens is 336 g/mol. The lowest BCUT2D eigenvalue weighted by molar-refractivity contribution is -0.133. The van der Waals surface area contributed by atoms with E-state index in [9.17, 15) is 9.90 Å². The summed E-state index contributed by atoms with van der Waals surface area (Å²) in [5.74, 6) is -0.347. The van der Waals surface area contributed by atoms with Crippen LogP contribution in [-0.4, -0.2) is 44.1 Å². The molecule has 0 fully saturated rings. The molecule has 9 heteroatoms. The summed E-state index contributed by atoms with van der Waals surface area (Å²) in [5, 5.41) is 17.9. The van der Waals surface area contributed by atoms with Crippen LogP contribution in [0.4, 0.5) is 0 Å². The SMILES string of the molecule is COC(=O)/C(=C(/O)CSc1nncs1)c1nc2ccccc2[nH]1. The van der Waals surface area contributed by atoms with Gasteiger partial charge in [0.15, 0.2) is 4.34 Å². The Kier molecular flexibility index (Phi) is 4.58. The average Bonchev–Trinajstić information content (AvgIpc) is 3.22. The number of aromatic nitrogens is 4. The first kappa shape index (κ1) is 15.5. The van der Waals surface area contributed by atoms with Gasteiger partial charge in [0.05, 0.1) is 23.9 Å². The second-order valence-corrected chi connectivity index (χ2v) is 6.46. The minimum absolute atomic E-state index is 0.0146. The van der Waals surface area contributed by atoms with Gasteiger partial charge in [-0.25, -0.2) is 9.78 Å². The molecule has 0 spiro atoms. The van der Waals surface area contributed by atoms with Crippen molar-refractivity contribution in [2.24, 2.45) is 0 Å². The molecule has 7 nitrogen and oxygen atoms in total. The van der Waals surface area contributed by atoms with Crippen LogP contribution in [0.2, 0.25) is 0 Å². The highest BCUT2D eigenvalue weighted by molar-refractivity contribution is 8.01. The van der Waals surface area contributed by atoms with Crippen molar-refractivity contribution in [3.05, 3.63) is 41.4 Å². The van der Waals surface area contributed by atoms with Gasteiger partial charge < -0.3 is 14.8 Å². The molecule has 0 aliphatic carbocycles. The Balaban J connectivity index is 1.95. The highest BCUT2D eigenvalue weighted by Gasteiger charge is 2.22. The van der Waals surface area contributed by atoms with Crippen molar-refractivity contribution < 1.29 is 14.6 Å². The van der Waals surface area contributed by atoms with E-state index in [1.54, 1.807) is 5.51 Å². The molecule has 3 rings (SSSR count). The summed E-state index contributed by atoms with van der Waals surface area (Å²) in [6.07, 6.45) is 0. The zero-order valence-corrected chi connectivity index (χ0v) is 13.6. The molecule has 0 bridgehead atoms. The zero-order valence-electron chi connectivity index (χ0n) is 12.0. The molecule has 0 saturated carbocycles. The molecule has 0 radical (unpaired) electrons. The van der Waals surface area contributed by atoms with Crippen molar-refractivity contribution in [2.75, 3.05) is 12.9 Å². The topological polar surface area (TPSA) is 101 Å². The van der Waals surface area contributed by atoms with E-state index in [0.29, 0.717) is 9.86 Å². The number of H-pyrrole nitrogens is 1. The number of aliphatic hydroxyl groups excluding tert-OH is 1. The van der Waals surface area contributed by atoms with E-state index >= 15 is 0 Å². The number of ether oxygens (including phenoxy) is 1. The van der Waals surface area contributed by atoms with Crippen LogP contribution >= 0.6 is 23.1 Å². The van der Waals surface area contributed by atoms with Crippen LogP contribution in [0.3, 0.4) is 0 Å². The minimum Gasteiger partial charge on any atom is -0.510 e. The molecule has 2 N–H and O–H groups in total. The van der Waals surface area contributed by atoms with Gasteiger partial charge in [0.25, 0.3) is 0 Å². The molecule has 3 aromatic rings. The largest absolute Gasteiger partial charge is 0.510 e. The highest BCUT2D eigenvalue weighted by atomic mass is 32.2. The third-order valence-corrected chi connectivity index (χ3v) is 4.85. The van der Waals surface area contributed by atoms with Crippen LogP contribution in [0.5, 0.6) is 0 Å². The van der Waals surface area contributed by atoms with Gasteiger partial charge in [-0.15, -0.1) is 10.2 Å². The number of thioether (sulfide) groups is 1. The first-order chi connectivity index (χ1) is 11.2. The van der Waals surface area contributed by atoms with Gasteiger partial charge in [-0.05, 0) is 12.1 Å². The van der Waals surface area contributed by atoms with Crippen molar-refractivity contribution in [3.63, 3.8) is 0 Å². The molecule has 2 aromatic heterocycles. The van der Waals surface area contributed by atoms with Gasteiger partial charge in [-0.3, -0.25) is 0 Å². The monoisotopic (exact) mass is 348 g/mol. The smallest absolute Gasteiger partial charge is 0.345 e. The van der Waals surface area contributed by atoms with Crippen molar-refractivity contribution >= 4 is 45.7 Å². The van der Waals surface area contributed by atoms with Crippen LogP contribution in [0.15, 0.2) is 39.9 Å². The Morgan fingerprint density at radius 2 is 2.26 bits per heavy atom. The number of methoxy groups -OCH3 is 1. The highest BCUT2D eigenvalue weighted by Crippen LogP contribution is 2.26. The van der Waals surface area contributed by atoms with Crippen LogP contribution in [-0.2, 0) is 9.53 Å². The van der Waals surface area contributed by atoms with Gasteiger partial charge in [0, 0.05) is 0 Å². The maximum atomic E-state index is 12.1. The van der Waals surface area contributed by atoms with E-state index in [-0.39, 0.29) is 22.9 Å². The molecular formula is C14H12N4O3S2. The fraction of sp³-hybridized carbons (Fsp3) is 0.143. The van der Waals surface area contributed by atoms with Crippen molar-refractivity contribution in [1.29, 1.82) is 0 Å². The molecule has 0 amide bonds. The zero-order chi connectivity index (χ0) is 16.2. The van der Waals surface area contributed by atoms with Gasteiger partial charge >= 0.3 is 5.97 Å². The van der Waals surface area contributed by atoms with Gasteiger partial charge in [0.1, 0.15) is 22.7 Å². The number of esters is 1. The summed E-state index contributed by atoms with van der Waals surface area (Å²) in [4.78, 5) is 19.4. The Labute approximate surface area is 139 Å². The van der Waals surface area contributed by atoms with Crippen LogP contribution in [0.25, 0.3) is 16.6 Å². The first-order valence-electron chi connectivity index (χ1n) is 6.53. The summed E-state index contributed by atoms with van der Waals surface area (Å²) < 4.78 is 5.47. The molecule has 1 aromatic carbocycles. The molecule has 23 heavy (non-hydrogen) atoms. The minimum atomic E-state index is -0.653. The Morgan fingerprint density at radius 3 is 2.96 bits per heavy atom. The summed E-state index contributed by atoms with van der Waals surface area (Å²) in [6, 6.07) is 7.36. The number of nitrogens with one attached hydrogen (secondary N) is 1. The van der Waals surface area contributed by atoms with Crippen LogP contribution in [0, 0.1) is 0 Å². The first-order valence-corrected chi connectivity index (χ1v) is 8.40. The second-order valence-electron chi connectivity index (χ2n) is 4.41. The lowest BCUT2D eigenvalue weighted by atomic mass is 10.2. The van der Waals surface area contributed by atoms with Gasteiger partial charge in [-0.2, -0.15) is 0 Å². The molecule has 0 atom stereocenters. The van der Waals surface area contributed by atoms with Crippen molar-refractivity contribution in [1.82, 2.24) is 20.2 Å². The third-order valence-electron chi connectivity index (χ3n) is 2.98. The third kappa shape index (κ3) is 3.35. The van der Waals surface area contributed by atoms with Crippen molar-refractivity contribution in [3.8, 4) is 0 Å². The standard InChI is InChI=1S/C14H12N4O3S2/c1-21-13(20)11(10(19)6-22-14-18-15-7-23-14)12-16-8-4-2-3-5-9(8)17-12/h2-5,7,19H,6H2,1H3,(H,16,17)/b11-10+. The predicted octanol–water partition coefficient (Wildman–Crippen LogP) is 2.65. The molecule has 0 aliphatic rings. The molecule has 0 unspecified atom stereocenters. The number of hydrogen-bond donors (Lipinski definition) is 2. The number of carbonyl (C=O) groups is 1. The summed E-state index contributed by atoms with van der Waals surface area (Å²) in [6.45, 7) is 0. The lowest BCUT2D eigenvalue weighted by Crippen LogP contribution is -2.09. The molecule has 2 heterocycles. The van der Waals surface area contributed by atoms with Gasteiger partial charge in [-0.1, -0.05) is 35.2 Å². The fourth-order valence-corrected chi connectivity index (χ4v) is 3.32. The number of imidazole rings is 1. The number of hydrogen-bond acceptors (Lipinski definition) is 8. The average molecular weight is 348 g/mol. The maximum absolute atomic E-state index is 12.1. The normalized spacial score (nSPS) is 12.2. The van der Waals surface area contributed by atoms with Gasteiger partial charge in [0.2, 0.25) is 0 Å². The second kappa shape index (κ2) is 6.80. The van der Waals surface area contributed by atoms with E-state index in [1.165, 1.54) is 30.2 Å². The number of nitrogens with zero attached hydrogens (tertiary/aromatic N) is 3. The molecule has 118 valence electrons. The fourth-order valence-electron chi connectivity index (χ4n) is 1.95. The summed E-state index contributed by atoms with van der Waals surface area (Å²) >= 11 is 2.64. The number of para-hydroxylation sites is 2. The van der Waals surface area contributed by atoms with Crippen LogP contribution < -0.4 is 0 Å². The summed E-state index contributed by atoms with van der Waals surface area (Å²) in [5.41, 5.74) is 3.09. The molecule has 0 saturated heterocycles. The predicted molar refractivity (Wildman–Crippen MR) is 88.3 cm³/mol. The number of fused-ring (bicyclic) bond motifs is 1. The van der Waals surface area contributed by atoms with E-state index in [0.717, 1.165) is 5.52 Å². The maximum Gasteiger partial charge on any atom is 0.345 e. The van der Waals surface area contributed by atoms with Crippen molar-refractivity contribution in [2.45, 2.75) is 4.34 Å². The number of benzene rings is 1. The lowest BCUT2D eigenvalue weighted by Gasteiger charge is -2.06. The number of carbonyl (C=O) groups excluding carboxylic acids is 1. The van der Waals surface area contributed by atoms with E-state index in [2.05, 4.69) is 20.2 Å². The number of aliphatic hydroxyl groups is 1. The van der Waals surface area contributed by atoms with E-state index < -0.39 is 5.97 Å². The Bertz CT molecular complexity index is 825. The van der Waals surface area contributed by atoms with E-state index in [4.69, 9.17) is 4.74 Å². The quantitative estimate of drug-likeness (QED) is 0.316. The Hall–Kier alpha value is -2.39. The molecule has 0 aliphatic heterocycles.